The zero-order valence-corrected chi connectivity index (χ0v) is 14.1. The minimum atomic E-state index is -3.71. The fourth-order valence-electron chi connectivity index (χ4n) is 1.77. The highest BCUT2D eigenvalue weighted by atomic mass is 32.2. The summed E-state index contributed by atoms with van der Waals surface area (Å²) < 4.78 is 33.1. The van der Waals surface area contributed by atoms with Gasteiger partial charge in [-0.3, -0.25) is 0 Å². The summed E-state index contributed by atoms with van der Waals surface area (Å²) in [5, 5.41) is 0. The first-order valence-corrected chi connectivity index (χ1v) is 8.67. The van der Waals surface area contributed by atoms with E-state index in [1.807, 2.05) is 20.8 Å². The summed E-state index contributed by atoms with van der Waals surface area (Å²) in [6.45, 7) is 6.60. The molecule has 1 aromatic carbocycles. The second-order valence-electron chi connectivity index (χ2n) is 4.99. The topological polar surface area (TPSA) is 81.4 Å². The molecule has 0 aromatic heterocycles. The Morgan fingerprint density at radius 1 is 1.38 bits per heavy atom. The Morgan fingerprint density at radius 2 is 2.00 bits per heavy atom. The lowest BCUT2D eigenvalue weighted by Crippen LogP contribution is -2.42. The van der Waals surface area contributed by atoms with Crippen LogP contribution in [0.1, 0.15) is 26.3 Å². The Morgan fingerprint density at radius 3 is 2.52 bits per heavy atom. The Balaban J connectivity index is 3.08. The first-order chi connectivity index (χ1) is 9.79. The standard InChI is InChI=1S/C14H22N2O3S2/c1-4-19-9-12(10(2)3)16-21(17,18)13-8-6-5-7-11(13)14(15)20/h5-8,10,12,16H,4,9H2,1-3H3,(H2,15,20). The van der Waals surface area contributed by atoms with Gasteiger partial charge in [-0.2, -0.15) is 0 Å². The summed E-state index contributed by atoms with van der Waals surface area (Å²) in [6.07, 6.45) is 0. The van der Waals surface area contributed by atoms with Gasteiger partial charge in [0.1, 0.15) is 4.99 Å². The number of ether oxygens (including phenoxy) is 1. The Hall–Kier alpha value is -1.02. The lowest BCUT2D eigenvalue weighted by atomic mass is 10.1. The zero-order valence-electron chi connectivity index (χ0n) is 12.5. The summed E-state index contributed by atoms with van der Waals surface area (Å²) in [5.74, 6) is 0.100. The number of hydrogen-bond acceptors (Lipinski definition) is 4. The molecule has 0 saturated carbocycles. The maximum Gasteiger partial charge on any atom is 0.241 e. The van der Waals surface area contributed by atoms with Gasteiger partial charge in [-0.15, -0.1) is 0 Å². The van der Waals surface area contributed by atoms with Gasteiger partial charge in [0, 0.05) is 18.2 Å². The fraction of sp³-hybridized carbons (Fsp3) is 0.500. The molecule has 0 aliphatic rings. The Labute approximate surface area is 131 Å². The predicted molar refractivity (Wildman–Crippen MR) is 87.8 cm³/mol. The van der Waals surface area contributed by atoms with Crippen LogP contribution in [0.3, 0.4) is 0 Å². The van der Waals surface area contributed by atoms with E-state index in [2.05, 4.69) is 4.72 Å². The number of nitrogens with one attached hydrogen (secondary N) is 1. The summed E-state index contributed by atoms with van der Waals surface area (Å²) in [4.78, 5) is 0.154. The van der Waals surface area contributed by atoms with E-state index in [-0.39, 0.29) is 21.8 Å². The molecule has 0 radical (unpaired) electrons. The molecule has 1 atom stereocenters. The molecule has 0 bridgehead atoms. The van der Waals surface area contributed by atoms with Crippen LogP contribution in [-0.2, 0) is 14.8 Å². The van der Waals surface area contributed by atoms with Crippen molar-refractivity contribution in [3.05, 3.63) is 29.8 Å². The predicted octanol–water partition coefficient (Wildman–Crippen LogP) is 1.66. The second kappa shape index (κ2) is 7.84. The van der Waals surface area contributed by atoms with Crippen LogP contribution in [0.5, 0.6) is 0 Å². The highest BCUT2D eigenvalue weighted by molar-refractivity contribution is 7.89. The molecule has 21 heavy (non-hydrogen) atoms. The molecule has 1 rings (SSSR count). The molecule has 1 unspecified atom stereocenters. The molecule has 0 fully saturated rings. The van der Waals surface area contributed by atoms with Crippen LogP contribution in [0, 0.1) is 5.92 Å². The van der Waals surface area contributed by atoms with E-state index in [1.165, 1.54) is 6.07 Å². The third-order valence-electron chi connectivity index (χ3n) is 3.05. The molecule has 5 nitrogen and oxygen atoms in total. The van der Waals surface area contributed by atoms with Crippen LogP contribution < -0.4 is 10.5 Å². The highest BCUT2D eigenvalue weighted by Gasteiger charge is 2.25. The summed E-state index contributed by atoms with van der Waals surface area (Å²) in [5.41, 5.74) is 5.94. The Bertz CT molecular complexity index is 586. The minimum Gasteiger partial charge on any atom is -0.389 e. The SMILES string of the molecule is CCOCC(NS(=O)(=O)c1ccccc1C(N)=S)C(C)C. The average molecular weight is 330 g/mol. The number of rotatable bonds is 8. The quantitative estimate of drug-likeness (QED) is 0.709. The third kappa shape index (κ3) is 5.03. The van der Waals surface area contributed by atoms with E-state index in [1.54, 1.807) is 18.2 Å². The van der Waals surface area contributed by atoms with Gasteiger partial charge in [-0.25, -0.2) is 13.1 Å². The summed E-state index contributed by atoms with van der Waals surface area (Å²) in [6, 6.07) is 6.13. The first kappa shape index (κ1) is 18.0. The van der Waals surface area contributed by atoms with Crippen molar-refractivity contribution in [1.82, 2.24) is 4.72 Å². The molecule has 0 saturated heterocycles. The zero-order chi connectivity index (χ0) is 16.0. The average Bonchev–Trinajstić information content (AvgIpc) is 2.43. The smallest absolute Gasteiger partial charge is 0.241 e. The van der Waals surface area contributed by atoms with Crippen LogP contribution in [0.15, 0.2) is 29.2 Å². The van der Waals surface area contributed by atoms with Gasteiger partial charge in [0.25, 0.3) is 0 Å². The lowest BCUT2D eigenvalue weighted by molar-refractivity contribution is 0.116. The third-order valence-corrected chi connectivity index (χ3v) is 4.82. The summed E-state index contributed by atoms with van der Waals surface area (Å²) in [7, 11) is -3.71. The van der Waals surface area contributed by atoms with E-state index in [4.69, 9.17) is 22.7 Å². The van der Waals surface area contributed by atoms with Crippen molar-refractivity contribution in [2.24, 2.45) is 11.7 Å². The van der Waals surface area contributed by atoms with Gasteiger partial charge in [-0.1, -0.05) is 44.3 Å². The van der Waals surface area contributed by atoms with Crippen LogP contribution in [0.2, 0.25) is 0 Å². The van der Waals surface area contributed by atoms with Gasteiger partial charge in [0.15, 0.2) is 0 Å². The van der Waals surface area contributed by atoms with Crippen LogP contribution in [-0.4, -0.2) is 32.7 Å². The van der Waals surface area contributed by atoms with Gasteiger partial charge in [0.2, 0.25) is 10.0 Å². The second-order valence-corrected chi connectivity index (χ2v) is 7.11. The van der Waals surface area contributed by atoms with Gasteiger partial charge in [0.05, 0.1) is 11.5 Å². The largest absolute Gasteiger partial charge is 0.389 e. The van der Waals surface area contributed by atoms with Crippen molar-refractivity contribution in [3.63, 3.8) is 0 Å². The lowest BCUT2D eigenvalue weighted by Gasteiger charge is -2.22. The van der Waals surface area contributed by atoms with E-state index < -0.39 is 10.0 Å². The van der Waals surface area contributed by atoms with Crippen LogP contribution in [0.25, 0.3) is 0 Å². The van der Waals surface area contributed by atoms with Crippen molar-refractivity contribution in [3.8, 4) is 0 Å². The molecule has 118 valence electrons. The van der Waals surface area contributed by atoms with Crippen molar-refractivity contribution in [1.29, 1.82) is 0 Å². The van der Waals surface area contributed by atoms with E-state index in [0.29, 0.717) is 18.8 Å². The molecule has 0 spiro atoms. The van der Waals surface area contributed by atoms with E-state index in [0.717, 1.165) is 0 Å². The van der Waals surface area contributed by atoms with Crippen molar-refractivity contribution in [2.75, 3.05) is 13.2 Å². The minimum absolute atomic E-state index is 0.0573. The molecule has 0 aliphatic carbocycles. The molecule has 0 amide bonds. The van der Waals surface area contributed by atoms with E-state index >= 15 is 0 Å². The molecule has 1 aromatic rings. The normalized spacial score (nSPS) is 13.3. The number of thiocarbonyl (C=S) groups is 1. The van der Waals surface area contributed by atoms with Gasteiger partial charge < -0.3 is 10.5 Å². The highest BCUT2D eigenvalue weighted by Crippen LogP contribution is 2.17. The Kier molecular flexibility index (Phi) is 6.73. The van der Waals surface area contributed by atoms with Gasteiger partial charge >= 0.3 is 0 Å². The number of benzene rings is 1. The molecule has 3 N–H and O–H groups in total. The first-order valence-electron chi connectivity index (χ1n) is 6.78. The molecule has 0 aliphatic heterocycles. The maximum atomic E-state index is 12.6. The molecular weight excluding hydrogens is 308 g/mol. The number of sulfonamides is 1. The molecule has 0 heterocycles. The maximum absolute atomic E-state index is 12.6. The number of hydrogen-bond donors (Lipinski definition) is 2. The van der Waals surface area contributed by atoms with Crippen molar-refractivity contribution in [2.45, 2.75) is 31.7 Å². The monoisotopic (exact) mass is 330 g/mol. The molecular formula is C14H22N2O3S2. The summed E-state index contributed by atoms with van der Waals surface area (Å²) >= 11 is 4.91. The van der Waals surface area contributed by atoms with E-state index in [9.17, 15) is 8.42 Å². The number of nitrogens with two attached hydrogens (primary N) is 1. The fourth-order valence-corrected chi connectivity index (χ4v) is 3.61. The van der Waals surface area contributed by atoms with Crippen molar-refractivity contribution < 1.29 is 13.2 Å². The van der Waals surface area contributed by atoms with Crippen molar-refractivity contribution >= 4 is 27.2 Å². The van der Waals surface area contributed by atoms with Crippen LogP contribution >= 0.6 is 12.2 Å². The molecule has 7 heteroatoms. The van der Waals surface area contributed by atoms with Crippen LogP contribution in [0.4, 0.5) is 0 Å². The van der Waals surface area contributed by atoms with Gasteiger partial charge in [-0.05, 0) is 18.9 Å².